The Morgan fingerprint density at radius 2 is 1.44 bits per heavy atom. The molecule has 0 aliphatic carbocycles. The Morgan fingerprint density at radius 3 is 2.01 bits per heavy atom. The average Bonchev–Trinajstić information content (AvgIpc) is 3.81. The molecule has 10 amide bonds. The zero-order valence-electron chi connectivity index (χ0n) is 49.4. The number of hydrogen-bond donors (Lipinski definition) is 14. The zero-order chi connectivity index (χ0) is 63.3. The van der Waals surface area contributed by atoms with Gasteiger partial charge < -0.3 is 83.3 Å². The molecule has 0 bridgehead atoms. The highest BCUT2D eigenvalue weighted by atomic mass is 16.5. The van der Waals surface area contributed by atoms with Crippen molar-refractivity contribution in [3.8, 4) is 5.75 Å². The number of esters is 1. The quantitative estimate of drug-likeness (QED) is 0.0339. The molecule has 1 aliphatic heterocycles. The van der Waals surface area contributed by atoms with Crippen LogP contribution in [0.5, 0.6) is 5.75 Å². The summed E-state index contributed by atoms with van der Waals surface area (Å²) < 4.78 is 5.79. The van der Waals surface area contributed by atoms with Gasteiger partial charge in [-0.1, -0.05) is 89.0 Å². The van der Waals surface area contributed by atoms with E-state index in [4.69, 9.17) is 10.5 Å². The van der Waals surface area contributed by atoms with Crippen molar-refractivity contribution in [3.05, 3.63) is 71.6 Å². The van der Waals surface area contributed by atoms with E-state index in [-0.39, 0.29) is 17.9 Å². The minimum Gasteiger partial charge on any atom is -0.508 e. The number of hydrogen-bond acceptors (Lipinski definition) is 17. The number of amides is 10. The van der Waals surface area contributed by atoms with Gasteiger partial charge in [0.2, 0.25) is 47.3 Å². The third-order valence-corrected chi connectivity index (χ3v) is 13.9. The number of H-pyrrole nitrogens is 1. The number of likely N-dealkylation sites (N-methyl/N-ethyl adjacent to an activating group) is 1. The summed E-state index contributed by atoms with van der Waals surface area (Å²) in [7, 11) is 1.11. The summed E-state index contributed by atoms with van der Waals surface area (Å²) in [6, 6.07) is -5.33. The minimum atomic E-state index is -2.02. The molecule has 1 aliphatic rings. The summed E-state index contributed by atoms with van der Waals surface area (Å²) in [4.78, 5) is 160. The number of nitrogens with two attached hydrogens (primary N) is 1. The maximum Gasteiger partial charge on any atom is 0.329 e. The molecule has 1 fully saturated rings. The first-order chi connectivity index (χ1) is 40.3. The van der Waals surface area contributed by atoms with Crippen molar-refractivity contribution in [3.63, 3.8) is 0 Å². The first kappa shape index (κ1) is 71.0. The number of benzene rings is 1. The largest absolute Gasteiger partial charge is 0.508 e. The van der Waals surface area contributed by atoms with Crippen LogP contribution in [0.3, 0.4) is 0 Å². The fourth-order valence-electron chi connectivity index (χ4n) is 9.03. The normalized spacial score (nSPS) is 22.8. The number of imidazole rings is 1. The molecule has 2 aromatic rings. The van der Waals surface area contributed by atoms with Gasteiger partial charge in [0, 0.05) is 38.2 Å². The standard InChI is InChI=1S/C57H86N12O16/c1-8-11-12-13-14-15-16-17-18-19-38(73)28-45(75)62-39(9-2)52(79)68-48-34(6)85-57(84)43(27-36-29-59-31-61-36)66-56(83)49(33(5)71)69(7)46(76)30-60-50(77)41(24-25-44(58)74)64-51(78)40(10-3)63-53(80)42(26-35-20-22-37(72)23-21-35)65-54(81)47(32(4)70)67-55(48)82/h9-10,20-23,29,31-34,38,41-43,47-49,70-73H,8,11-19,24-28,30H2,1-7H3,(H2,58,74)(H,59,61)(H,60,77)(H,62,75)(H,63,80)(H,64,78)(H,65,81)(H,66,83)(H,67,82)(H,68,79). The molecule has 1 saturated heterocycles. The molecule has 0 radical (unpaired) electrons. The number of nitrogens with one attached hydrogen (secondary N) is 9. The lowest BCUT2D eigenvalue weighted by atomic mass is 10.0. The number of aromatic hydroxyl groups is 1. The van der Waals surface area contributed by atoms with Crippen molar-refractivity contribution in [2.45, 2.75) is 199 Å². The van der Waals surface area contributed by atoms with Crippen LogP contribution in [0.1, 0.15) is 136 Å². The van der Waals surface area contributed by atoms with Crippen LogP contribution < -0.4 is 48.3 Å². The van der Waals surface area contributed by atoms with Crippen molar-refractivity contribution < 1.29 is 77.9 Å². The highest BCUT2D eigenvalue weighted by Crippen LogP contribution is 2.16. The molecule has 2 heterocycles. The zero-order valence-corrected chi connectivity index (χ0v) is 49.4. The van der Waals surface area contributed by atoms with Gasteiger partial charge in [0.15, 0.2) is 0 Å². The Hall–Kier alpha value is -8.24. The highest BCUT2D eigenvalue weighted by Gasteiger charge is 2.40. The van der Waals surface area contributed by atoms with E-state index in [1.165, 1.54) is 76.0 Å². The molecule has 85 heavy (non-hydrogen) atoms. The summed E-state index contributed by atoms with van der Waals surface area (Å²) in [6.45, 7) is 7.44. The SMILES string of the molecule is CC=C(NC(=O)CC(O)CCCCCCCCCCC)C(=O)NC1C(=O)NC(C(C)O)C(=O)NC(Cc2ccc(O)cc2)C(=O)NC(=CC)C(=O)NC(CCC(N)=O)C(=O)NCC(=O)N(C)C(C(C)O)C(=O)NC(Cc2cnc[nH]2)C(=O)OC1C. The number of carbonyl (C=O) groups excluding carboxylic acids is 11. The van der Waals surface area contributed by atoms with Crippen LogP contribution in [0.4, 0.5) is 0 Å². The Bertz CT molecular complexity index is 2650. The van der Waals surface area contributed by atoms with E-state index in [1.54, 1.807) is 0 Å². The van der Waals surface area contributed by atoms with E-state index >= 15 is 0 Å². The third-order valence-electron chi connectivity index (χ3n) is 13.9. The maximum absolute atomic E-state index is 14.7. The van der Waals surface area contributed by atoms with E-state index < -0.39 is 169 Å². The lowest BCUT2D eigenvalue weighted by molar-refractivity contribution is -0.157. The number of aromatic nitrogens is 2. The van der Waals surface area contributed by atoms with Crippen molar-refractivity contribution >= 4 is 65.0 Å². The van der Waals surface area contributed by atoms with E-state index in [2.05, 4.69) is 59.4 Å². The number of ether oxygens (including phenoxy) is 1. The third kappa shape index (κ3) is 24.5. The summed E-state index contributed by atoms with van der Waals surface area (Å²) in [5.41, 5.74) is 5.04. The number of cyclic esters (lactones) is 1. The van der Waals surface area contributed by atoms with Gasteiger partial charge in [-0.15, -0.1) is 0 Å². The van der Waals surface area contributed by atoms with Crippen molar-refractivity contribution in [2.24, 2.45) is 5.73 Å². The summed E-state index contributed by atoms with van der Waals surface area (Å²) in [5, 5.41) is 61.9. The molecule has 1 aromatic heterocycles. The Balaban J connectivity index is 2.12. The minimum absolute atomic E-state index is 0.150. The first-order valence-electron chi connectivity index (χ1n) is 28.6. The lowest BCUT2D eigenvalue weighted by Crippen LogP contribution is -2.62. The fourth-order valence-corrected chi connectivity index (χ4v) is 9.03. The van der Waals surface area contributed by atoms with Gasteiger partial charge in [-0.05, 0) is 65.2 Å². The Labute approximate surface area is 494 Å². The van der Waals surface area contributed by atoms with Gasteiger partial charge in [-0.3, -0.25) is 47.9 Å². The molecule has 0 spiro atoms. The van der Waals surface area contributed by atoms with Crippen molar-refractivity contribution in [2.75, 3.05) is 13.6 Å². The van der Waals surface area contributed by atoms with Crippen LogP contribution in [-0.4, -0.2) is 175 Å². The highest BCUT2D eigenvalue weighted by molar-refractivity contribution is 6.03. The molecule has 470 valence electrons. The number of primary amides is 1. The number of aliphatic hydroxyl groups excluding tert-OH is 3. The molecule has 10 atom stereocenters. The fraction of sp³-hybridized carbons (Fsp3) is 0.579. The predicted octanol–water partition coefficient (Wildman–Crippen LogP) is -1.05. The molecule has 28 nitrogen and oxygen atoms in total. The van der Waals surface area contributed by atoms with Crippen LogP contribution in [-0.2, 0) is 70.3 Å². The van der Waals surface area contributed by atoms with Crippen LogP contribution in [0.15, 0.2) is 60.3 Å². The second kappa shape index (κ2) is 36.5. The molecule has 1 aromatic carbocycles. The number of unbranched alkanes of at least 4 members (excludes halogenated alkanes) is 8. The monoisotopic (exact) mass is 1190 g/mol. The summed E-state index contributed by atoms with van der Waals surface area (Å²) in [6.07, 6.45) is 6.35. The first-order valence-corrected chi connectivity index (χ1v) is 28.6. The molecular formula is C57H86N12O16. The topological polar surface area (TPSA) is 432 Å². The number of phenolic OH excluding ortho intramolecular Hbond substituents is 1. The van der Waals surface area contributed by atoms with Gasteiger partial charge >= 0.3 is 5.97 Å². The summed E-state index contributed by atoms with van der Waals surface area (Å²) in [5.74, 6) is -12.0. The van der Waals surface area contributed by atoms with E-state index in [1.807, 2.05) is 0 Å². The number of aromatic amines is 1. The van der Waals surface area contributed by atoms with E-state index in [0.29, 0.717) is 18.4 Å². The number of phenols is 1. The Kier molecular flexibility index (Phi) is 30.5. The van der Waals surface area contributed by atoms with Crippen LogP contribution in [0.2, 0.25) is 0 Å². The van der Waals surface area contributed by atoms with Crippen LogP contribution >= 0.6 is 0 Å². The van der Waals surface area contributed by atoms with Gasteiger partial charge in [-0.2, -0.15) is 0 Å². The van der Waals surface area contributed by atoms with Crippen LogP contribution in [0.25, 0.3) is 0 Å². The molecular weight excluding hydrogens is 1110 g/mol. The van der Waals surface area contributed by atoms with Gasteiger partial charge in [0.1, 0.15) is 59.5 Å². The number of rotatable bonds is 24. The van der Waals surface area contributed by atoms with Gasteiger partial charge in [0.25, 0.3) is 11.8 Å². The Morgan fingerprint density at radius 1 is 0.800 bits per heavy atom. The molecule has 3 rings (SSSR count). The molecule has 15 N–H and O–H groups in total. The average molecular weight is 1200 g/mol. The van der Waals surface area contributed by atoms with Crippen molar-refractivity contribution in [1.82, 2.24) is 57.4 Å². The number of aliphatic hydroxyl groups is 3. The molecule has 10 unspecified atom stereocenters. The van der Waals surface area contributed by atoms with Gasteiger partial charge in [0.05, 0.1) is 37.6 Å². The number of allylic oxidation sites excluding steroid dienone is 2. The number of carbonyl (C=O) groups is 11. The maximum atomic E-state index is 14.7. The lowest BCUT2D eigenvalue weighted by Gasteiger charge is -2.32. The van der Waals surface area contributed by atoms with Crippen LogP contribution in [0, 0.1) is 0 Å². The van der Waals surface area contributed by atoms with E-state index in [0.717, 1.165) is 70.9 Å². The molecule has 0 saturated carbocycles. The van der Waals surface area contributed by atoms with E-state index in [9.17, 15) is 73.2 Å². The van der Waals surface area contributed by atoms with Gasteiger partial charge in [-0.25, -0.2) is 9.78 Å². The summed E-state index contributed by atoms with van der Waals surface area (Å²) >= 11 is 0. The predicted molar refractivity (Wildman–Crippen MR) is 307 cm³/mol. The smallest absolute Gasteiger partial charge is 0.329 e. The second-order valence-electron chi connectivity index (χ2n) is 20.9. The second-order valence-corrected chi connectivity index (χ2v) is 20.9. The van der Waals surface area contributed by atoms with Crippen molar-refractivity contribution in [1.29, 1.82) is 0 Å². The number of nitrogens with zero attached hydrogens (tertiary/aromatic N) is 2. The molecule has 28 heteroatoms.